The lowest BCUT2D eigenvalue weighted by Crippen LogP contribution is -2.43. The molecule has 0 aliphatic heterocycles. The lowest BCUT2D eigenvalue weighted by Gasteiger charge is -2.22. The Morgan fingerprint density at radius 2 is 1.96 bits per heavy atom. The van der Waals surface area contributed by atoms with Crippen LogP contribution in [0.5, 0.6) is 5.75 Å². The third kappa shape index (κ3) is 6.33. The first kappa shape index (κ1) is 19.7. The number of hydrogen-bond acceptors (Lipinski definition) is 4. The average molecular weight is 379 g/mol. The first-order valence-electron chi connectivity index (χ1n) is 8.22. The molecule has 2 rings (SSSR count). The SMILES string of the molecule is CN=C(NCCNC(=O)c1ccco1)N(C)CCOc1ccc(Cl)cc1. The van der Waals surface area contributed by atoms with Crippen LogP contribution in [0.4, 0.5) is 0 Å². The van der Waals surface area contributed by atoms with E-state index in [4.69, 9.17) is 20.8 Å². The van der Waals surface area contributed by atoms with Crippen LogP contribution in [-0.4, -0.2) is 57.1 Å². The maximum atomic E-state index is 11.8. The highest BCUT2D eigenvalue weighted by molar-refractivity contribution is 6.30. The van der Waals surface area contributed by atoms with E-state index >= 15 is 0 Å². The van der Waals surface area contributed by atoms with Gasteiger partial charge in [0.1, 0.15) is 12.4 Å². The van der Waals surface area contributed by atoms with Crippen LogP contribution in [0.3, 0.4) is 0 Å². The van der Waals surface area contributed by atoms with Crippen LogP contribution in [0.1, 0.15) is 10.6 Å². The Morgan fingerprint density at radius 3 is 2.62 bits per heavy atom. The number of carbonyl (C=O) groups excluding carboxylic acids is 1. The summed E-state index contributed by atoms with van der Waals surface area (Å²) in [5.74, 6) is 1.55. The standard InChI is InChI=1S/C18H23ClN4O3/c1-20-18(22-10-9-21-17(24)16-4-3-12-26-16)23(2)11-13-25-15-7-5-14(19)6-8-15/h3-8,12H,9-11,13H2,1-2H3,(H,20,22)(H,21,24). The topological polar surface area (TPSA) is 79.1 Å². The van der Waals surface area contributed by atoms with Crippen molar-refractivity contribution in [2.24, 2.45) is 4.99 Å². The number of nitrogens with zero attached hydrogens (tertiary/aromatic N) is 2. The Hall–Kier alpha value is -2.67. The smallest absolute Gasteiger partial charge is 0.287 e. The zero-order chi connectivity index (χ0) is 18.8. The summed E-state index contributed by atoms with van der Waals surface area (Å²) in [5.41, 5.74) is 0. The Balaban J connectivity index is 1.65. The fourth-order valence-corrected chi connectivity index (χ4v) is 2.29. The van der Waals surface area contributed by atoms with Gasteiger partial charge in [0.05, 0.1) is 12.8 Å². The molecule has 8 heteroatoms. The highest BCUT2D eigenvalue weighted by Crippen LogP contribution is 2.15. The molecule has 1 aromatic carbocycles. The maximum Gasteiger partial charge on any atom is 0.287 e. The number of benzene rings is 1. The molecule has 0 spiro atoms. The molecule has 0 aliphatic rings. The van der Waals surface area contributed by atoms with E-state index in [0.717, 1.165) is 11.7 Å². The van der Waals surface area contributed by atoms with Gasteiger partial charge in [-0.15, -0.1) is 0 Å². The van der Waals surface area contributed by atoms with Crippen LogP contribution in [-0.2, 0) is 0 Å². The molecule has 1 amide bonds. The summed E-state index contributed by atoms with van der Waals surface area (Å²) in [6.07, 6.45) is 1.47. The number of carbonyl (C=O) groups is 1. The van der Waals surface area contributed by atoms with E-state index in [1.807, 2.05) is 24.1 Å². The van der Waals surface area contributed by atoms with E-state index < -0.39 is 0 Å². The van der Waals surface area contributed by atoms with Crippen LogP contribution in [0, 0.1) is 0 Å². The van der Waals surface area contributed by atoms with E-state index in [-0.39, 0.29) is 5.91 Å². The number of likely N-dealkylation sites (N-methyl/N-ethyl adjacent to an activating group) is 1. The first-order chi connectivity index (χ1) is 12.6. The third-order valence-corrected chi connectivity index (χ3v) is 3.77. The zero-order valence-corrected chi connectivity index (χ0v) is 15.6. The minimum atomic E-state index is -0.239. The Labute approximate surface area is 158 Å². The summed E-state index contributed by atoms with van der Waals surface area (Å²) in [6, 6.07) is 10.5. The van der Waals surface area contributed by atoms with Crippen LogP contribution in [0.2, 0.25) is 5.02 Å². The second-order valence-corrected chi connectivity index (χ2v) is 5.87. The number of ether oxygens (including phenoxy) is 1. The molecule has 0 saturated heterocycles. The predicted molar refractivity (Wildman–Crippen MR) is 102 cm³/mol. The summed E-state index contributed by atoms with van der Waals surface area (Å²) in [7, 11) is 3.63. The van der Waals surface area contributed by atoms with Gasteiger partial charge in [0.25, 0.3) is 5.91 Å². The van der Waals surface area contributed by atoms with Crippen molar-refractivity contribution in [1.29, 1.82) is 0 Å². The monoisotopic (exact) mass is 378 g/mol. The molecule has 0 unspecified atom stereocenters. The molecule has 140 valence electrons. The number of nitrogens with one attached hydrogen (secondary N) is 2. The van der Waals surface area contributed by atoms with Crippen molar-refractivity contribution >= 4 is 23.5 Å². The summed E-state index contributed by atoms with van der Waals surface area (Å²) < 4.78 is 10.7. The van der Waals surface area contributed by atoms with Crippen molar-refractivity contribution in [2.45, 2.75) is 0 Å². The van der Waals surface area contributed by atoms with Crippen LogP contribution < -0.4 is 15.4 Å². The van der Waals surface area contributed by atoms with Crippen molar-refractivity contribution in [3.05, 3.63) is 53.4 Å². The predicted octanol–water partition coefficient (Wildman–Crippen LogP) is 2.25. The number of guanidine groups is 1. The normalized spacial score (nSPS) is 11.1. The zero-order valence-electron chi connectivity index (χ0n) is 14.9. The molecule has 0 aliphatic carbocycles. The van der Waals surface area contributed by atoms with E-state index in [2.05, 4.69) is 15.6 Å². The van der Waals surface area contributed by atoms with Gasteiger partial charge in [-0.05, 0) is 36.4 Å². The van der Waals surface area contributed by atoms with Gasteiger partial charge in [0.2, 0.25) is 0 Å². The summed E-state index contributed by atoms with van der Waals surface area (Å²) in [4.78, 5) is 17.9. The first-order valence-corrected chi connectivity index (χ1v) is 8.60. The molecule has 2 N–H and O–H groups in total. The van der Waals surface area contributed by atoms with Crippen molar-refractivity contribution in [3.63, 3.8) is 0 Å². The van der Waals surface area contributed by atoms with Gasteiger partial charge in [0, 0.05) is 32.2 Å². The number of hydrogen-bond donors (Lipinski definition) is 2. The Bertz CT molecular complexity index is 702. The molecule has 1 aromatic heterocycles. The fraction of sp³-hybridized carbons (Fsp3) is 0.333. The fourth-order valence-electron chi connectivity index (χ4n) is 2.17. The van der Waals surface area contributed by atoms with Gasteiger partial charge >= 0.3 is 0 Å². The van der Waals surface area contributed by atoms with Gasteiger partial charge in [-0.25, -0.2) is 0 Å². The molecule has 0 fully saturated rings. The van der Waals surface area contributed by atoms with E-state index in [9.17, 15) is 4.79 Å². The van der Waals surface area contributed by atoms with Crippen molar-refractivity contribution in [2.75, 3.05) is 40.3 Å². The van der Waals surface area contributed by atoms with Crippen molar-refractivity contribution in [3.8, 4) is 5.75 Å². The largest absolute Gasteiger partial charge is 0.492 e. The molecule has 0 atom stereocenters. The molecule has 0 bridgehead atoms. The lowest BCUT2D eigenvalue weighted by atomic mass is 10.3. The molecule has 1 heterocycles. The molecule has 2 aromatic rings. The second kappa shape index (κ2) is 10.4. The molecular formula is C18H23ClN4O3. The number of amides is 1. The maximum absolute atomic E-state index is 11.8. The molecule has 0 radical (unpaired) electrons. The van der Waals surface area contributed by atoms with Crippen LogP contribution in [0.25, 0.3) is 0 Å². The summed E-state index contributed by atoms with van der Waals surface area (Å²) >= 11 is 5.85. The van der Waals surface area contributed by atoms with Gasteiger partial charge in [-0.1, -0.05) is 11.6 Å². The Morgan fingerprint density at radius 1 is 1.23 bits per heavy atom. The van der Waals surface area contributed by atoms with E-state index in [1.54, 1.807) is 31.3 Å². The average Bonchev–Trinajstić information content (AvgIpc) is 3.18. The lowest BCUT2D eigenvalue weighted by molar-refractivity contribution is 0.0926. The second-order valence-electron chi connectivity index (χ2n) is 5.43. The highest BCUT2D eigenvalue weighted by Gasteiger charge is 2.08. The number of aliphatic imine (C=N–C) groups is 1. The molecule has 0 saturated carbocycles. The van der Waals surface area contributed by atoms with Crippen LogP contribution >= 0.6 is 11.6 Å². The van der Waals surface area contributed by atoms with Crippen LogP contribution in [0.15, 0.2) is 52.1 Å². The van der Waals surface area contributed by atoms with Crippen molar-refractivity contribution in [1.82, 2.24) is 15.5 Å². The van der Waals surface area contributed by atoms with Gasteiger partial charge < -0.3 is 24.7 Å². The summed E-state index contributed by atoms with van der Waals surface area (Å²) in [6.45, 7) is 2.16. The molecule has 26 heavy (non-hydrogen) atoms. The third-order valence-electron chi connectivity index (χ3n) is 3.52. The van der Waals surface area contributed by atoms with E-state index in [1.165, 1.54) is 6.26 Å². The number of halogens is 1. The number of furan rings is 1. The molecule has 7 nitrogen and oxygen atoms in total. The summed E-state index contributed by atoms with van der Waals surface area (Å²) in [5, 5.41) is 6.63. The van der Waals surface area contributed by atoms with Crippen molar-refractivity contribution < 1.29 is 13.9 Å². The highest BCUT2D eigenvalue weighted by atomic mass is 35.5. The number of rotatable bonds is 8. The van der Waals surface area contributed by atoms with Gasteiger partial charge in [-0.3, -0.25) is 9.79 Å². The van der Waals surface area contributed by atoms with Gasteiger partial charge in [0.15, 0.2) is 11.7 Å². The minimum absolute atomic E-state index is 0.239. The molecular weight excluding hydrogens is 356 g/mol. The Kier molecular flexibility index (Phi) is 7.82. The van der Waals surface area contributed by atoms with Gasteiger partial charge in [-0.2, -0.15) is 0 Å². The minimum Gasteiger partial charge on any atom is -0.492 e. The van der Waals surface area contributed by atoms with E-state index in [0.29, 0.717) is 37.0 Å². The quantitative estimate of drug-likeness (QED) is 0.418.